The highest BCUT2D eigenvalue weighted by Gasteiger charge is 2.21. The number of carbonyl (C=O) groups is 1. The number of rotatable bonds is 5. The van der Waals surface area contributed by atoms with Gasteiger partial charge in [0.05, 0.1) is 22.8 Å². The summed E-state index contributed by atoms with van der Waals surface area (Å²) in [6, 6.07) is 27.2. The summed E-state index contributed by atoms with van der Waals surface area (Å²) in [5.74, 6) is 0.420. The predicted molar refractivity (Wildman–Crippen MR) is 134 cm³/mol. The van der Waals surface area contributed by atoms with Crippen LogP contribution in [-0.4, -0.2) is 37.7 Å². The first-order valence-corrected chi connectivity index (χ1v) is 11.7. The van der Waals surface area contributed by atoms with Gasteiger partial charge in [0.15, 0.2) is 0 Å². The summed E-state index contributed by atoms with van der Waals surface area (Å²) in [5.41, 5.74) is 5.16. The fraction of sp³-hybridized carbons (Fsp3) is 0.0800. The molecule has 0 saturated heterocycles. The van der Waals surface area contributed by atoms with Crippen molar-refractivity contribution in [1.82, 2.24) is 25.5 Å². The number of anilines is 1. The van der Waals surface area contributed by atoms with E-state index in [4.69, 9.17) is 4.99 Å². The molecule has 0 fully saturated rings. The molecule has 0 atom stereocenters. The lowest BCUT2D eigenvalue weighted by Crippen LogP contribution is -2.33. The van der Waals surface area contributed by atoms with Crippen molar-refractivity contribution in [2.24, 2.45) is 4.99 Å². The molecule has 4 aromatic rings. The molecule has 5 rings (SSSR count). The van der Waals surface area contributed by atoms with Crippen LogP contribution in [0.5, 0.6) is 0 Å². The molecule has 0 radical (unpaired) electrons. The van der Waals surface area contributed by atoms with Crippen molar-refractivity contribution in [2.45, 2.75) is 12.1 Å². The van der Waals surface area contributed by atoms with E-state index in [9.17, 15) is 4.79 Å². The summed E-state index contributed by atoms with van der Waals surface area (Å²) >= 11 is 1.26. The number of amides is 1. The second-order valence-corrected chi connectivity index (χ2v) is 8.46. The molecule has 0 aliphatic carbocycles. The summed E-state index contributed by atoms with van der Waals surface area (Å²) in [7, 11) is 0. The number of aliphatic imine (C=N–C) groups is 1. The van der Waals surface area contributed by atoms with E-state index in [2.05, 4.69) is 26.2 Å². The molecule has 0 spiro atoms. The number of hydrogen-bond donors (Lipinski definition) is 2. The van der Waals surface area contributed by atoms with Crippen molar-refractivity contribution in [3.05, 3.63) is 96.2 Å². The first-order valence-electron chi connectivity index (χ1n) is 10.7. The molecular formula is C25H21N7OS. The Balaban J connectivity index is 1.40. The van der Waals surface area contributed by atoms with E-state index in [1.807, 2.05) is 91.9 Å². The maximum atomic E-state index is 13.0. The Morgan fingerprint density at radius 3 is 2.47 bits per heavy atom. The van der Waals surface area contributed by atoms with Crippen molar-refractivity contribution < 1.29 is 4.79 Å². The van der Waals surface area contributed by atoms with Crippen LogP contribution in [0.2, 0.25) is 0 Å². The predicted octanol–water partition coefficient (Wildman–Crippen LogP) is 4.46. The van der Waals surface area contributed by atoms with Gasteiger partial charge in [0.1, 0.15) is 5.84 Å². The van der Waals surface area contributed by atoms with Crippen LogP contribution in [0.15, 0.2) is 101 Å². The highest BCUT2D eigenvalue weighted by Crippen LogP contribution is 2.33. The largest absolute Gasteiger partial charge is 0.357 e. The highest BCUT2D eigenvalue weighted by molar-refractivity contribution is 7.99. The smallest absolute Gasteiger partial charge is 0.236 e. The van der Waals surface area contributed by atoms with Crippen LogP contribution < -0.4 is 10.6 Å². The lowest BCUT2D eigenvalue weighted by Gasteiger charge is -2.15. The van der Waals surface area contributed by atoms with Crippen molar-refractivity contribution in [2.75, 3.05) is 11.1 Å². The van der Waals surface area contributed by atoms with E-state index in [1.54, 1.807) is 4.68 Å². The van der Waals surface area contributed by atoms with Gasteiger partial charge in [0.2, 0.25) is 11.1 Å². The quantitative estimate of drug-likeness (QED) is 0.421. The number of amidine groups is 1. The summed E-state index contributed by atoms with van der Waals surface area (Å²) in [6.07, 6.45) is 0. The third kappa shape index (κ3) is 4.60. The van der Waals surface area contributed by atoms with Crippen molar-refractivity contribution >= 4 is 40.5 Å². The molecule has 1 aliphatic rings. The first kappa shape index (κ1) is 21.6. The molecule has 8 nitrogen and oxygen atoms in total. The number of allylic oxidation sites excluding steroid dienone is 1. The van der Waals surface area contributed by atoms with E-state index in [1.165, 1.54) is 11.8 Å². The Bertz CT molecular complexity index is 1380. The zero-order valence-electron chi connectivity index (χ0n) is 18.3. The van der Waals surface area contributed by atoms with E-state index < -0.39 is 0 Å². The number of para-hydroxylation sites is 3. The molecule has 9 heteroatoms. The number of benzene rings is 3. The van der Waals surface area contributed by atoms with Gasteiger partial charge >= 0.3 is 0 Å². The summed E-state index contributed by atoms with van der Waals surface area (Å²) < 4.78 is 1.61. The lowest BCUT2D eigenvalue weighted by atomic mass is 10.0. The Labute approximate surface area is 200 Å². The van der Waals surface area contributed by atoms with Crippen molar-refractivity contribution in [1.29, 1.82) is 0 Å². The van der Waals surface area contributed by atoms with Crippen LogP contribution >= 0.6 is 11.8 Å². The minimum atomic E-state index is -0.202. The number of thioether (sulfide) groups is 1. The molecule has 0 unspecified atom stereocenters. The first-order chi connectivity index (χ1) is 16.7. The lowest BCUT2D eigenvalue weighted by molar-refractivity contribution is -0.117. The number of fused-ring (bicyclic) bond motifs is 1. The third-order valence-corrected chi connectivity index (χ3v) is 6.08. The van der Waals surface area contributed by atoms with Gasteiger partial charge in [0.25, 0.3) is 0 Å². The Kier molecular flexibility index (Phi) is 6.17. The van der Waals surface area contributed by atoms with Crippen LogP contribution in [0.1, 0.15) is 12.5 Å². The second kappa shape index (κ2) is 9.72. The molecule has 34 heavy (non-hydrogen) atoms. The van der Waals surface area contributed by atoms with E-state index in [0.717, 1.165) is 33.9 Å². The Hall–Kier alpha value is -4.24. The zero-order valence-corrected chi connectivity index (χ0v) is 19.2. The van der Waals surface area contributed by atoms with Gasteiger partial charge in [0, 0.05) is 11.3 Å². The minimum absolute atomic E-state index is 0.127. The third-order valence-electron chi connectivity index (χ3n) is 5.16. The number of carbonyl (C=O) groups excluding carboxylic acids is 1. The second-order valence-electron chi connectivity index (χ2n) is 7.51. The number of tetrazole rings is 1. The molecule has 2 heterocycles. The van der Waals surface area contributed by atoms with Crippen molar-refractivity contribution in [3.63, 3.8) is 0 Å². The molecular weight excluding hydrogens is 446 g/mol. The van der Waals surface area contributed by atoms with Gasteiger partial charge in [-0.25, -0.2) is 4.99 Å². The number of hydrogen-bond acceptors (Lipinski definition) is 7. The van der Waals surface area contributed by atoms with Gasteiger partial charge in [-0.05, 0) is 47.2 Å². The minimum Gasteiger partial charge on any atom is -0.357 e. The normalized spacial score (nSPS) is 12.9. The standard InChI is InChI=1S/C25H21N7OS/c1-17-23(18-10-4-2-5-11-18)24(27-21-15-9-8-14-20(21)26-17)28-22(33)16-34-25-29-30-31-32(25)19-12-6-3-7-13-19/h2-15,26H,16H2,1H3,(H,27,28,33). The van der Waals surface area contributed by atoms with Gasteiger partial charge in [-0.15, -0.1) is 5.10 Å². The van der Waals surface area contributed by atoms with Gasteiger partial charge in [-0.3, -0.25) is 4.79 Å². The Morgan fingerprint density at radius 2 is 1.68 bits per heavy atom. The van der Waals surface area contributed by atoms with Gasteiger partial charge in [-0.1, -0.05) is 72.4 Å². The maximum absolute atomic E-state index is 13.0. The SMILES string of the molecule is CC1=C(c2ccccc2)C(NC(=O)CSc2nnnn2-c2ccccc2)=Nc2ccccc2N1. The molecule has 1 aromatic heterocycles. The summed E-state index contributed by atoms with van der Waals surface area (Å²) in [4.78, 5) is 17.8. The summed E-state index contributed by atoms with van der Waals surface area (Å²) in [6.45, 7) is 1.98. The van der Waals surface area contributed by atoms with E-state index in [-0.39, 0.29) is 11.7 Å². The fourth-order valence-electron chi connectivity index (χ4n) is 3.64. The fourth-order valence-corrected chi connectivity index (χ4v) is 4.33. The maximum Gasteiger partial charge on any atom is 0.236 e. The topological polar surface area (TPSA) is 97.1 Å². The van der Waals surface area contributed by atoms with Crippen LogP contribution in [0.25, 0.3) is 11.3 Å². The van der Waals surface area contributed by atoms with Crippen molar-refractivity contribution in [3.8, 4) is 5.69 Å². The average molecular weight is 468 g/mol. The molecule has 3 aromatic carbocycles. The molecule has 2 N–H and O–H groups in total. The molecule has 1 amide bonds. The van der Waals surface area contributed by atoms with Crippen LogP contribution in [0, 0.1) is 0 Å². The number of nitrogens with one attached hydrogen (secondary N) is 2. The monoisotopic (exact) mass is 467 g/mol. The molecule has 1 aliphatic heterocycles. The van der Waals surface area contributed by atoms with E-state index in [0.29, 0.717) is 11.0 Å². The van der Waals surface area contributed by atoms with E-state index >= 15 is 0 Å². The van der Waals surface area contributed by atoms with Crippen LogP contribution in [0.3, 0.4) is 0 Å². The Morgan fingerprint density at radius 1 is 0.971 bits per heavy atom. The molecule has 0 saturated carbocycles. The van der Waals surface area contributed by atoms with Gasteiger partial charge in [-0.2, -0.15) is 4.68 Å². The van der Waals surface area contributed by atoms with Gasteiger partial charge < -0.3 is 10.6 Å². The summed E-state index contributed by atoms with van der Waals surface area (Å²) in [5, 5.41) is 18.9. The number of nitrogens with zero attached hydrogens (tertiary/aromatic N) is 5. The average Bonchev–Trinajstić information content (AvgIpc) is 3.28. The number of aromatic nitrogens is 4. The highest BCUT2D eigenvalue weighted by atomic mass is 32.2. The molecule has 0 bridgehead atoms. The van der Waals surface area contributed by atoms with Crippen LogP contribution in [-0.2, 0) is 4.79 Å². The molecule has 168 valence electrons. The van der Waals surface area contributed by atoms with Crippen LogP contribution in [0.4, 0.5) is 11.4 Å². The zero-order chi connectivity index (χ0) is 23.3.